The molecule has 1 nitrogen and oxygen atoms in total. The molecule has 0 aliphatic heterocycles. The third-order valence-electron chi connectivity index (χ3n) is 0.306. The van der Waals surface area contributed by atoms with Crippen molar-refractivity contribution in [3.05, 3.63) is 0 Å². The fraction of sp³-hybridized carbons (Fsp3) is 1.00. The Balaban J connectivity index is 3.17. The molecule has 0 rings (SSSR count). The Morgan fingerprint density at radius 2 is 1.50 bits per heavy atom. The van der Waals surface area contributed by atoms with E-state index in [4.69, 9.17) is 3.01 Å². The van der Waals surface area contributed by atoms with Crippen LogP contribution in [0.1, 0.15) is 0 Å². The number of rotatable bonds is 1. The van der Waals surface area contributed by atoms with E-state index in [-0.39, 0.29) is 0 Å². The Morgan fingerprint density at radius 1 is 1.33 bits per heavy atom. The van der Waals surface area contributed by atoms with E-state index in [1.807, 2.05) is 0 Å². The van der Waals surface area contributed by atoms with E-state index in [0.717, 1.165) is 0 Å². The van der Waals surface area contributed by atoms with Gasteiger partial charge in [0.1, 0.15) is 0 Å². The van der Waals surface area contributed by atoms with Crippen LogP contribution in [0.5, 0.6) is 0 Å². The van der Waals surface area contributed by atoms with E-state index in [1.165, 1.54) is 0 Å². The number of hydrogen-bond donors (Lipinski definition) is 0. The van der Waals surface area contributed by atoms with Gasteiger partial charge in [0, 0.05) is 0 Å². The molecule has 0 aromatic rings. The first-order chi connectivity index (χ1) is 2.56. The molecule has 0 spiro atoms. The summed E-state index contributed by atoms with van der Waals surface area (Å²) in [7, 11) is -1.13. The summed E-state index contributed by atoms with van der Waals surface area (Å²) in [6, 6.07) is 0. The van der Waals surface area contributed by atoms with Crippen LogP contribution >= 0.6 is 0 Å². The van der Waals surface area contributed by atoms with E-state index in [1.54, 1.807) is 20.8 Å². The third kappa shape index (κ3) is 4.89. The maximum atomic E-state index is 5.08. The summed E-state index contributed by atoms with van der Waals surface area (Å²) in [6.45, 7) is 6.48. The zero-order chi connectivity index (χ0) is 5.21. The molecular weight excluding hydrogens is 128 g/mol. The van der Waals surface area contributed by atoms with Crippen molar-refractivity contribution in [3.63, 3.8) is 0 Å². The second-order valence-electron chi connectivity index (χ2n) is 2.21. The van der Waals surface area contributed by atoms with Crippen LogP contribution in [0.25, 0.3) is 0 Å². The molecule has 0 aromatic carbocycles. The molecule has 0 heterocycles. The van der Waals surface area contributed by atoms with Crippen molar-refractivity contribution < 1.29 is 23.8 Å². The van der Waals surface area contributed by atoms with Gasteiger partial charge in [-0.25, -0.2) is 0 Å². The molecule has 0 fully saturated rings. The normalized spacial score (nSPS) is 11.7. The standard InChI is InChI=1S/C3H9OSi.Ti/c1-5(2,3)4;/h1-3H3;/q-1;+1. The fourth-order valence-electron chi connectivity index (χ4n) is 0. The van der Waals surface area contributed by atoms with Crippen molar-refractivity contribution in [1.29, 1.82) is 0 Å². The third-order valence-corrected chi connectivity index (χ3v) is 3.79. The van der Waals surface area contributed by atoms with Crippen molar-refractivity contribution in [2.75, 3.05) is 0 Å². The summed E-state index contributed by atoms with van der Waals surface area (Å²) in [6.07, 6.45) is 0. The SMILES string of the molecule is C[Si](C)(C)[O][Ti]. The second-order valence-corrected chi connectivity index (χ2v) is 7.60. The predicted molar refractivity (Wildman–Crippen MR) is 24.4 cm³/mol. The zero-order valence-corrected chi connectivity index (χ0v) is 6.97. The first-order valence-corrected chi connectivity index (χ1v) is 5.95. The second kappa shape index (κ2) is 2.26. The van der Waals surface area contributed by atoms with Crippen LogP contribution in [0.3, 0.4) is 0 Å². The predicted octanol–water partition coefficient (Wildman–Crippen LogP) is 1.30. The quantitative estimate of drug-likeness (QED) is 0.495. The molecule has 0 radical (unpaired) electrons. The van der Waals surface area contributed by atoms with E-state index in [0.29, 0.717) is 0 Å². The van der Waals surface area contributed by atoms with E-state index in [9.17, 15) is 0 Å². The van der Waals surface area contributed by atoms with Crippen molar-refractivity contribution in [3.8, 4) is 0 Å². The van der Waals surface area contributed by atoms with Crippen LogP contribution in [-0.4, -0.2) is 8.32 Å². The van der Waals surface area contributed by atoms with Gasteiger partial charge in [0.05, 0.1) is 0 Å². The summed E-state index contributed by atoms with van der Waals surface area (Å²) >= 11 is 1.77. The van der Waals surface area contributed by atoms with E-state index < -0.39 is 8.32 Å². The molecule has 6 heavy (non-hydrogen) atoms. The van der Waals surface area contributed by atoms with E-state index in [2.05, 4.69) is 19.6 Å². The molecule has 0 saturated carbocycles. The van der Waals surface area contributed by atoms with Gasteiger partial charge in [0.25, 0.3) is 0 Å². The molecular formula is C3H9OSiTi. The van der Waals surface area contributed by atoms with Crippen LogP contribution in [0.2, 0.25) is 19.6 Å². The van der Waals surface area contributed by atoms with Crippen LogP contribution in [0.15, 0.2) is 0 Å². The van der Waals surface area contributed by atoms with Crippen LogP contribution in [0, 0.1) is 0 Å². The van der Waals surface area contributed by atoms with Gasteiger partial charge >= 0.3 is 51.8 Å². The Hall–Kier alpha value is 0.891. The van der Waals surface area contributed by atoms with Crippen molar-refractivity contribution in [1.82, 2.24) is 0 Å². The molecule has 0 amide bonds. The van der Waals surface area contributed by atoms with Crippen molar-refractivity contribution in [2.45, 2.75) is 19.6 Å². The van der Waals surface area contributed by atoms with Gasteiger partial charge in [0.2, 0.25) is 0 Å². The van der Waals surface area contributed by atoms with Gasteiger partial charge in [-0.1, -0.05) is 0 Å². The summed E-state index contributed by atoms with van der Waals surface area (Å²) in [5, 5.41) is 0. The van der Waals surface area contributed by atoms with Gasteiger partial charge in [0.15, 0.2) is 0 Å². The summed E-state index contributed by atoms with van der Waals surface area (Å²) in [4.78, 5) is 0. The minimum atomic E-state index is -1.13. The molecule has 0 N–H and O–H groups in total. The van der Waals surface area contributed by atoms with Gasteiger partial charge in [-0.3, -0.25) is 0 Å². The number of hydrogen-bond acceptors (Lipinski definition) is 1. The Bertz CT molecular complexity index is 40.5. The van der Waals surface area contributed by atoms with Crippen LogP contribution in [-0.2, 0) is 23.8 Å². The Morgan fingerprint density at radius 3 is 1.50 bits per heavy atom. The first kappa shape index (κ1) is 6.89. The Labute approximate surface area is 52.1 Å². The molecule has 0 atom stereocenters. The minimum absolute atomic E-state index is 1.13. The van der Waals surface area contributed by atoms with Gasteiger partial charge in [-0.15, -0.1) is 0 Å². The van der Waals surface area contributed by atoms with Crippen LogP contribution in [0.4, 0.5) is 0 Å². The summed E-state index contributed by atoms with van der Waals surface area (Å²) in [5.74, 6) is 0. The molecule has 0 aliphatic carbocycles. The topological polar surface area (TPSA) is 9.23 Å². The van der Waals surface area contributed by atoms with Crippen molar-refractivity contribution in [2.24, 2.45) is 0 Å². The maximum absolute atomic E-state index is 5.08. The fourth-order valence-corrected chi connectivity index (χ4v) is 0. The summed E-state index contributed by atoms with van der Waals surface area (Å²) in [5.41, 5.74) is 0. The zero-order valence-electron chi connectivity index (χ0n) is 4.41. The monoisotopic (exact) mass is 137 g/mol. The molecule has 0 aliphatic rings. The molecule has 3 heteroatoms. The molecule has 0 unspecified atom stereocenters. The van der Waals surface area contributed by atoms with Gasteiger partial charge in [-0.05, 0) is 0 Å². The summed E-state index contributed by atoms with van der Waals surface area (Å²) < 4.78 is 5.08. The van der Waals surface area contributed by atoms with Gasteiger partial charge < -0.3 is 0 Å². The van der Waals surface area contributed by atoms with E-state index >= 15 is 0 Å². The average molecular weight is 137 g/mol. The first-order valence-electron chi connectivity index (χ1n) is 1.91. The average Bonchev–Trinajstić information content (AvgIpc) is 1.35. The molecule has 35 valence electrons. The molecule has 0 bridgehead atoms. The van der Waals surface area contributed by atoms with Gasteiger partial charge in [-0.2, -0.15) is 0 Å². The Kier molecular flexibility index (Phi) is 2.60. The van der Waals surface area contributed by atoms with Crippen molar-refractivity contribution >= 4 is 8.32 Å². The molecule has 0 saturated heterocycles. The van der Waals surface area contributed by atoms with Crippen LogP contribution < -0.4 is 0 Å². The molecule has 0 aromatic heterocycles.